The molecule has 1 aliphatic heterocycles. The molecule has 0 radical (unpaired) electrons. The van der Waals surface area contributed by atoms with Crippen LogP contribution in [0.1, 0.15) is 6.92 Å². The predicted octanol–water partition coefficient (Wildman–Crippen LogP) is 0.326. The summed E-state index contributed by atoms with van der Waals surface area (Å²) in [5, 5.41) is 59.6. The number of fused-ring (bicyclic) bond motifs is 1. The standard InChI is InChI=1S/C23H22O12/c1-9(25)32-22-19(31)17(29)15(8-24)34-23(22)35-21-18(30)16-13(28)6-12(27)7-14(16)33-20(21)10-2-4-11(26)5-3-10/h2-7,15,17,19,22-24,26-29,31H,8H2,1H3/t15-,17+,19-,22-,23+/m0/s1. The molecular formula is C23H22O12. The first-order valence-corrected chi connectivity index (χ1v) is 10.4. The van der Waals surface area contributed by atoms with Crippen LogP contribution in [-0.4, -0.2) is 73.9 Å². The zero-order chi connectivity index (χ0) is 25.4. The van der Waals surface area contributed by atoms with Crippen LogP contribution in [0.4, 0.5) is 0 Å². The lowest BCUT2D eigenvalue weighted by Crippen LogP contribution is -2.61. The Balaban J connectivity index is 1.90. The van der Waals surface area contributed by atoms with E-state index in [-0.39, 0.29) is 33.8 Å². The maximum absolute atomic E-state index is 13.4. The van der Waals surface area contributed by atoms with Gasteiger partial charge in [0.25, 0.3) is 0 Å². The fraction of sp³-hybridized carbons (Fsp3) is 0.304. The molecule has 1 saturated heterocycles. The van der Waals surface area contributed by atoms with E-state index in [0.29, 0.717) is 0 Å². The number of phenols is 3. The molecule has 1 aromatic heterocycles. The van der Waals surface area contributed by atoms with Crippen molar-refractivity contribution in [3.05, 3.63) is 46.6 Å². The molecule has 1 aliphatic rings. The Morgan fingerprint density at radius 1 is 1.03 bits per heavy atom. The van der Waals surface area contributed by atoms with Gasteiger partial charge < -0.3 is 49.3 Å². The molecule has 0 spiro atoms. The highest BCUT2D eigenvalue weighted by Gasteiger charge is 2.48. The second kappa shape index (κ2) is 9.43. The molecule has 5 atom stereocenters. The lowest BCUT2D eigenvalue weighted by Gasteiger charge is -2.41. The highest BCUT2D eigenvalue weighted by Crippen LogP contribution is 2.37. The largest absolute Gasteiger partial charge is 0.508 e. The number of carbonyl (C=O) groups excluding carboxylic acids is 1. The van der Waals surface area contributed by atoms with E-state index in [1.807, 2.05) is 0 Å². The molecule has 12 heteroatoms. The van der Waals surface area contributed by atoms with Gasteiger partial charge in [0, 0.05) is 24.6 Å². The maximum atomic E-state index is 13.4. The third-order valence-corrected chi connectivity index (χ3v) is 5.41. The summed E-state index contributed by atoms with van der Waals surface area (Å²) in [6.07, 6.45) is -8.03. The number of esters is 1. The normalized spacial score (nSPS) is 24.3. The first kappa shape index (κ1) is 24.3. The molecule has 186 valence electrons. The number of phenolic OH excluding ortho intramolecular Hbond substituents is 3. The van der Waals surface area contributed by atoms with Gasteiger partial charge in [0.05, 0.1) is 6.61 Å². The lowest BCUT2D eigenvalue weighted by atomic mass is 9.99. The van der Waals surface area contributed by atoms with Crippen molar-refractivity contribution in [3.63, 3.8) is 0 Å². The molecular weight excluding hydrogens is 468 g/mol. The van der Waals surface area contributed by atoms with Gasteiger partial charge in [-0.1, -0.05) is 0 Å². The number of benzene rings is 2. The van der Waals surface area contributed by atoms with Crippen molar-refractivity contribution in [3.8, 4) is 34.3 Å². The quantitative estimate of drug-likeness (QED) is 0.268. The van der Waals surface area contributed by atoms with Crippen molar-refractivity contribution < 1.29 is 54.1 Å². The summed E-state index contributed by atoms with van der Waals surface area (Å²) in [5.74, 6) is -2.66. The second-order valence-corrected chi connectivity index (χ2v) is 7.87. The van der Waals surface area contributed by atoms with Crippen molar-refractivity contribution in [2.45, 2.75) is 37.6 Å². The topological polar surface area (TPSA) is 196 Å². The number of aromatic hydroxyl groups is 3. The van der Waals surface area contributed by atoms with Crippen molar-refractivity contribution in [2.24, 2.45) is 0 Å². The molecule has 35 heavy (non-hydrogen) atoms. The molecule has 0 saturated carbocycles. The summed E-state index contributed by atoms with van der Waals surface area (Å²) in [6.45, 7) is 0.313. The Labute approximate surface area is 196 Å². The van der Waals surface area contributed by atoms with Crippen LogP contribution in [0.15, 0.2) is 45.6 Å². The Hall–Kier alpha value is -3.84. The van der Waals surface area contributed by atoms with E-state index < -0.39 is 60.2 Å². The van der Waals surface area contributed by atoms with E-state index >= 15 is 0 Å². The molecule has 0 bridgehead atoms. The Morgan fingerprint density at radius 3 is 2.34 bits per heavy atom. The maximum Gasteiger partial charge on any atom is 0.303 e. The summed E-state index contributed by atoms with van der Waals surface area (Å²) in [4.78, 5) is 25.0. The van der Waals surface area contributed by atoms with Gasteiger partial charge in [0.1, 0.15) is 46.5 Å². The van der Waals surface area contributed by atoms with Crippen LogP contribution in [0.25, 0.3) is 22.3 Å². The monoisotopic (exact) mass is 490 g/mol. The van der Waals surface area contributed by atoms with Crippen molar-refractivity contribution in [1.29, 1.82) is 0 Å². The number of aliphatic hydroxyl groups is 3. The van der Waals surface area contributed by atoms with Gasteiger partial charge in [0.15, 0.2) is 11.9 Å². The van der Waals surface area contributed by atoms with Crippen LogP contribution >= 0.6 is 0 Å². The van der Waals surface area contributed by atoms with Gasteiger partial charge in [-0.3, -0.25) is 9.59 Å². The third kappa shape index (κ3) is 4.59. The van der Waals surface area contributed by atoms with Gasteiger partial charge in [-0.25, -0.2) is 0 Å². The SMILES string of the molecule is CC(=O)O[C@@H]1[C@@H](Oc2c(-c3ccc(O)cc3)oc3cc(O)cc(O)c3c2=O)O[C@@H](CO)[C@@H](O)[C@@H]1O. The van der Waals surface area contributed by atoms with Crippen LogP contribution in [0, 0.1) is 0 Å². The van der Waals surface area contributed by atoms with Crippen molar-refractivity contribution in [1.82, 2.24) is 0 Å². The fourth-order valence-electron chi connectivity index (χ4n) is 3.76. The van der Waals surface area contributed by atoms with E-state index in [9.17, 15) is 40.2 Å². The third-order valence-electron chi connectivity index (χ3n) is 5.41. The lowest BCUT2D eigenvalue weighted by molar-refractivity contribution is -0.282. The summed E-state index contributed by atoms with van der Waals surface area (Å²) >= 11 is 0. The molecule has 3 aromatic rings. The van der Waals surface area contributed by atoms with Crippen molar-refractivity contribution >= 4 is 16.9 Å². The number of hydrogen-bond donors (Lipinski definition) is 6. The number of ether oxygens (including phenoxy) is 3. The van der Waals surface area contributed by atoms with Crippen LogP contribution in [0.5, 0.6) is 23.0 Å². The van der Waals surface area contributed by atoms with Crippen LogP contribution in [-0.2, 0) is 14.3 Å². The first-order valence-electron chi connectivity index (χ1n) is 10.4. The molecule has 0 aliphatic carbocycles. The molecule has 2 aromatic carbocycles. The number of aliphatic hydroxyl groups excluding tert-OH is 3. The van der Waals surface area contributed by atoms with Gasteiger partial charge in [-0.2, -0.15) is 0 Å². The molecule has 0 amide bonds. The molecule has 12 nitrogen and oxygen atoms in total. The zero-order valence-corrected chi connectivity index (χ0v) is 18.2. The van der Waals surface area contributed by atoms with Gasteiger partial charge in [0.2, 0.25) is 17.5 Å². The summed E-state index contributed by atoms with van der Waals surface area (Å²) in [7, 11) is 0. The minimum atomic E-state index is -1.75. The van der Waals surface area contributed by atoms with Gasteiger partial charge in [-0.05, 0) is 24.3 Å². The molecule has 2 heterocycles. The smallest absolute Gasteiger partial charge is 0.303 e. The first-order chi connectivity index (χ1) is 16.6. The summed E-state index contributed by atoms with van der Waals surface area (Å²) in [6, 6.07) is 7.44. The van der Waals surface area contributed by atoms with E-state index in [1.54, 1.807) is 0 Å². The van der Waals surface area contributed by atoms with Crippen LogP contribution in [0.2, 0.25) is 0 Å². The van der Waals surface area contributed by atoms with Crippen LogP contribution in [0.3, 0.4) is 0 Å². The number of hydrogen-bond acceptors (Lipinski definition) is 12. The Morgan fingerprint density at radius 2 is 1.71 bits per heavy atom. The minimum Gasteiger partial charge on any atom is -0.508 e. The van der Waals surface area contributed by atoms with E-state index in [0.717, 1.165) is 19.1 Å². The summed E-state index contributed by atoms with van der Waals surface area (Å²) < 4.78 is 22.0. The summed E-state index contributed by atoms with van der Waals surface area (Å²) in [5.41, 5.74) is -0.857. The zero-order valence-electron chi connectivity index (χ0n) is 18.2. The minimum absolute atomic E-state index is 0.0805. The van der Waals surface area contributed by atoms with E-state index in [4.69, 9.17) is 18.6 Å². The average Bonchev–Trinajstić information content (AvgIpc) is 2.79. The number of rotatable bonds is 5. The van der Waals surface area contributed by atoms with E-state index in [1.165, 1.54) is 24.3 Å². The van der Waals surface area contributed by atoms with E-state index in [2.05, 4.69) is 0 Å². The predicted molar refractivity (Wildman–Crippen MR) is 117 cm³/mol. The van der Waals surface area contributed by atoms with Crippen LogP contribution < -0.4 is 10.2 Å². The molecule has 6 N–H and O–H groups in total. The Kier molecular flexibility index (Phi) is 6.54. The fourth-order valence-corrected chi connectivity index (χ4v) is 3.76. The highest BCUT2D eigenvalue weighted by atomic mass is 16.7. The van der Waals surface area contributed by atoms with Crippen molar-refractivity contribution in [2.75, 3.05) is 6.61 Å². The molecule has 4 rings (SSSR count). The van der Waals surface area contributed by atoms with Gasteiger partial charge >= 0.3 is 5.97 Å². The number of carbonyl (C=O) groups is 1. The second-order valence-electron chi connectivity index (χ2n) is 7.87. The molecule has 1 fully saturated rings. The Bertz CT molecular complexity index is 1300. The highest BCUT2D eigenvalue weighted by molar-refractivity contribution is 5.88. The molecule has 0 unspecified atom stereocenters. The van der Waals surface area contributed by atoms with Gasteiger partial charge in [-0.15, -0.1) is 0 Å². The average molecular weight is 490 g/mol.